The molecule has 5 nitrogen and oxygen atoms in total. The lowest BCUT2D eigenvalue weighted by Crippen LogP contribution is -2.45. The Labute approximate surface area is 101 Å². The summed E-state index contributed by atoms with van der Waals surface area (Å²) >= 11 is 0. The van der Waals surface area contributed by atoms with E-state index in [0.717, 1.165) is 0 Å². The van der Waals surface area contributed by atoms with E-state index >= 15 is 0 Å². The second kappa shape index (κ2) is 4.33. The molecule has 0 aromatic carbocycles. The van der Waals surface area contributed by atoms with Gasteiger partial charge in [-0.2, -0.15) is 0 Å². The molecule has 0 amide bonds. The van der Waals surface area contributed by atoms with Gasteiger partial charge in [-0.25, -0.2) is 0 Å². The Morgan fingerprint density at radius 2 is 2.12 bits per heavy atom. The highest BCUT2D eigenvalue weighted by molar-refractivity contribution is 5.04. The Morgan fingerprint density at radius 1 is 1.41 bits per heavy atom. The first-order valence-corrected chi connectivity index (χ1v) is 5.80. The summed E-state index contributed by atoms with van der Waals surface area (Å²) in [6.07, 6.45) is 0.355. The Morgan fingerprint density at radius 3 is 2.71 bits per heavy atom. The van der Waals surface area contributed by atoms with Crippen molar-refractivity contribution in [3.05, 3.63) is 12.7 Å². The number of rotatable bonds is 4. The molecule has 17 heavy (non-hydrogen) atoms. The number of hydrogen-bond donors (Lipinski definition) is 1. The normalized spacial score (nSPS) is 43.6. The van der Waals surface area contributed by atoms with Crippen LogP contribution in [0.1, 0.15) is 20.8 Å². The Bertz CT molecular complexity index is 303. The summed E-state index contributed by atoms with van der Waals surface area (Å²) in [6.45, 7) is 9.42. The van der Waals surface area contributed by atoms with E-state index in [4.69, 9.17) is 18.9 Å². The lowest BCUT2D eigenvalue weighted by molar-refractivity contribution is -0.255. The molecule has 0 aromatic rings. The molecule has 0 radical (unpaired) electrons. The summed E-state index contributed by atoms with van der Waals surface area (Å²) in [5, 5.41) is 9.30. The van der Waals surface area contributed by atoms with Crippen molar-refractivity contribution in [1.82, 2.24) is 0 Å². The van der Waals surface area contributed by atoms with Gasteiger partial charge in [0.15, 0.2) is 12.1 Å². The minimum absolute atomic E-state index is 0.117. The minimum Gasteiger partial charge on any atom is -0.394 e. The molecular formula is C12H20O5. The van der Waals surface area contributed by atoms with Gasteiger partial charge in [0.1, 0.15) is 17.8 Å². The highest BCUT2D eigenvalue weighted by Gasteiger charge is 2.63. The number of aliphatic hydroxyl groups is 1. The second-order valence-corrected chi connectivity index (χ2v) is 5.04. The lowest BCUT2D eigenvalue weighted by Gasteiger charge is -2.28. The standard InChI is InChI=1S/C12H20O5/c1-5-6-14-10-12(4)9(8(7-13)15-10)16-11(2,3)17-12/h5,8-10,13H,1,6-7H2,2-4H3/t8?,9?,10?,12-/m1/s1. The molecule has 0 spiro atoms. The SMILES string of the molecule is C=CCOC1OC(CO)C2OC(C)(C)O[C@@]12C. The molecular weight excluding hydrogens is 224 g/mol. The van der Waals surface area contributed by atoms with Crippen LogP contribution < -0.4 is 0 Å². The second-order valence-electron chi connectivity index (χ2n) is 5.04. The van der Waals surface area contributed by atoms with E-state index in [-0.39, 0.29) is 12.7 Å². The van der Waals surface area contributed by atoms with Crippen LogP contribution in [0.2, 0.25) is 0 Å². The fraction of sp³-hybridized carbons (Fsp3) is 0.833. The number of hydrogen-bond acceptors (Lipinski definition) is 5. The first-order valence-electron chi connectivity index (χ1n) is 5.80. The Balaban J connectivity index is 2.18. The zero-order valence-corrected chi connectivity index (χ0v) is 10.5. The summed E-state index contributed by atoms with van der Waals surface area (Å²) < 4.78 is 22.8. The molecule has 2 aliphatic heterocycles. The highest BCUT2D eigenvalue weighted by Crippen LogP contribution is 2.46. The number of aliphatic hydroxyl groups excluding tert-OH is 1. The van der Waals surface area contributed by atoms with Crippen LogP contribution >= 0.6 is 0 Å². The predicted molar refractivity (Wildman–Crippen MR) is 60.3 cm³/mol. The maximum Gasteiger partial charge on any atom is 0.190 e. The van der Waals surface area contributed by atoms with Gasteiger partial charge < -0.3 is 24.1 Å². The third-order valence-corrected chi connectivity index (χ3v) is 3.09. The molecule has 4 atom stereocenters. The summed E-state index contributed by atoms with van der Waals surface area (Å²) in [5.41, 5.74) is -0.695. The maximum absolute atomic E-state index is 9.30. The van der Waals surface area contributed by atoms with Gasteiger partial charge in [0.25, 0.3) is 0 Å². The Hall–Kier alpha value is -0.460. The van der Waals surface area contributed by atoms with Crippen LogP contribution in [-0.2, 0) is 18.9 Å². The molecule has 3 unspecified atom stereocenters. The number of fused-ring (bicyclic) bond motifs is 1. The molecule has 0 aliphatic carbocycles. The van der Waals surface area contributed by atoms with Gasteiger partial charge >= 0.3 is 0 Å². The van der Waals surface area contributed by atoms with Crippen molar-refractivity contribution in [3.8, 4) is 0 Å². The molecule has 98 valence electrons. The maximum atomic E-state index is 9.30. The lowest BCUT2D eigenvalue weighted by atomic mass is 9.98. The van der Waals surface area contributed by atoms with E-state index in [9.17, 15) is 5.11 Å². The highest BCUT2D eigenvalue weighted by atomic mass is 16.8. The monoisotopic (exact) mass is 244 g/mol. The summed E-state index contributed by atoms with van der Waals surface area (Å²) in [5.74, 6) is -0.688. The van der Waals surface area contributed by atoms with Crippen molar-refractivity contribution in [2.75, 3.05) is 13.2 Å². The third kappa shape index (κ3) is 2.13. The van der Waals surface area contributed by atoms with Crippen molar-refractivity contribution in [2.24, 2.45) is 0 Å². The Kier molecular flexibility index (Phi) is 3.31. The van der Waals surface area contributed by atoms with E-state index in [1.807, 2.05) is 20.8 Å². The van der Waals surface area contributed by atoms with Crippen molar-refractivity contribution < 1.29 is 24.1 Å². The van der Waals surface area contributed by atoms with Gasteiger partial charge in [0.05, 0.1) is 13.2 Å². The molecule has 1 N–H and O–H groups in total. The van der Waals surface area contributed by atoms with Gasteiger partial charge in [-0.1, -0.05) is 6.08 Å². The van der Waals surface area contributed by atoms with E-state index in [2.05, 4.69) is 6.58 Å². The zero-order valence-electron chi connectivity index (χ0n) is 10.5. The zero-order chi connectivity index (χ0) is 12.7. The van der Waals surface area contributed by atoms with Crippen molar-refractivity contribution in [1.29, 1.82) is 0 Å². The molecule has 2 rings (SSSR count). The van der Waals surface area contributed by atoms with Gasteiger partial charge in [-0.15, -0.1) is 6.58 Å². The van der Waals surface area contributed by atoms with Crippen LogP contribution in [0.5, 0.6) is 0 Å². The van der Waals surface area contributed by atoms with Crippen LogP contribution in [0.4, 0.5) is 0 Å². The molecule has 0 aromatic heterocycles. The first kappa shape index (κ1) is 13.0. The summed E-state index contributed by atoms with van der Waals surface area (Å²) in [7, 11) is 0. The fourth-order valence-electron chi connectivity index (χ4n) is 2.53. The smallest absolute Gasteiger partial charge is 0.190 e. The van der Waals surface area contributed by atoms with Crippen LogP contribution in [0.25, 0.3) is 0 Å². The fourth-order valence-corrected chi connectivity index (χ4v) is 2.53. The average molecular weight is 244 g/mol. The minimum atomic E-state index is -0.695. The van der Waals surface area contributed by atoms with Crippen LogP contribution in [0, 0.1) is 0 Å². The van der Waals surface area contributed by atoms with Gasteiger partial charge in [-0.3, -0.25) is 0 Å². The summed E-state index contributed by atoms with van der Waals surface area (Å²) in [6, 6.07) is 0. The van der Waals surface area contributed by atoms with E-state index < -0.39 is 23.8 Å². The van der Waals surface area contributed by atoms with Crippen molar-refractivity contribution in [2.45, 2.75) is 50.7 Å². The van der Waals surface area contributed by atoms with Crippen LogP contribution in [0.3, 0.4) is 0 Å². The van der Waals surface area contributed by atoms with E-state index in [0.29, 0.717) is 6.61 Å². The molecule has 2 fully saturated rings. The van der Waals surface area contributed by atoms with Gasteiger partial charge in [0, 0.05) is 0 Å². The topological polar surface area (TPSA) is 57.2 Å². The predicted octanol–water partition coefficient (Wildman–Crippen LogP) is 0.816. The molecule has 2 heterocycles. The average Bonchev–Trinajstić information content (AvgIpc) is 2.62. The molecule has 2 aliphatic rings. The van der Waals surface area contributed by atoms with Crippen LogP contribution in [0.15, 0.2) is 12.7 Å². The van der Waals surface area contributed by atoms with Gasteiger partial charge in [0.2, 0.25) is 0 Å². The molecule has 0 saturated carbocycles. The van der Waals surface area contributed by atoms with Gasteiger partial charge in [-0.05, 0) is 20.8 Å². The van der Waals surface area contributed by atoms with Crippen molar-refractivity contribution >= 4 is 0 Å². The quantitative estimate of drug-likeness (QED) is 0.742. The van der Waals surface area contributed by atoms with E-state index in [1.54, 1.807) is 6.08 Å². The molecule has 0 bridgehead atoms. The van der Waals surface area contributed by atoms with Crippen LogP contribution in [-0.4, -0.2) is 48.2 Å². The largest absolute Gasteiger partial charge is 0.394 e. The van der Waals surface area contributed by atoms with Crippen molar-refractivity contribution in [3.63, 3.8) is 0 Å². The van der Waals surface area contributed by atoms with E-state index in [1.165, 1.54) is 0 Å². The first-order chi connectivity index (χ1) is 7.93. The number of ether oxygens (including phenoxy) is 4. The third-order valence-electron chi connectivity index (χ3n) is 3.09. The summed E-state index contributed by atoms with van der Waals surface area (Å²) in [4.78, 5) is 0. The molecule has 5 heteroatoms. The molecule has 2 saturated heterocycles.